The minimum Gasteiger partial charge on any atom is -0.466 e. The fourth-order valence-corrected chi connectivity index (χ4v) is 3.40. The number of esters is 1. The molecule has 0 radical (unpaired) electrons. The van der Waals surface area contributed by atoms with E-state index in [9.17, 15) is 31.2 Å². The number of sulfone groups is 1. The standard InChI is InChI=1S/C20H20F3NO5S/c1-2-29-19(26)16(12-14-6-4-3-5-7-14)13-24-18(25)15-8-10-17(11-9-15)30(27,28)20(21,22)23/h3-11,16H,2,12-13H2,1H3,(H,24,25). The third-order valence-corrected chi connectivity index (χ3v) is 5.69. The molecule has 1 N–H and O–H groups in total. The smallest absolute Gasteiger partial charge is 0.466 e. The number of carbonyl (C=O) groups excluding carboxylic acids is 2. The van der Waals surface area contributed by atoms with E-state index in [0.717, 1.165) is 17.7 Å². The zero-order valence-corrected chi connectivity index (χ0v) is 16.8. The second kappa shape index (κ2) is 9.75. The van der Waals surface area contributed by atoms with E-state index in [4.69, 9.17) is 4.74 Å². The highest BCUT2D eigenvalue weighted by atomic mass is 32.2. The van der Waals surface area contributed by atoms with Gasteiger partial charge in [0.2, 0.25) is 0 Å². The monoisotopic (exact) mass is 443 g/mol. The highest BCUT2D eigenvalue weighted by molar-refractivity contribution is 7.92. The van der Waals surface area contributed by atoms with Crippen molar-refractivity contribution in [2.45, 2.75) is 23.7 Å². The largest absolute Gasteiger partial charge is 0.501 e. The van der Waals surface area contributed by atoms with E-state index < -0.39 is 38.0 Å². The number of rotatable bonds is 8. The van der Waals surface area contributed by atoms with Gasteiger partial charge in [-0.15, -0.1) is 0 Å². The summed E-state index contributed by atoms with van der Waals surface area (Å²) in [6.45, 7) is 1.77. The van der Waals surface area contributed by atoms with Crippen LogP contribution in [0.4, 0.5) is 13.2 Å². The third-order valence-electron chi connectivity index (χ3n) is 4.19. The Kier molecular flexibility index (Phi) is 7.60. The van der Waals surface area contributed by atoms with E-state index in [1.54, 1.807) is 6.92 Å². The number of ether oxygens (including phenoxy) is 1. The first-order valence-corrected chi connectivity index (χ1v) is 10.4. The molecule has 0 aliphatic heterocycles. The lowest BCUT2D eigenvalue weighted by Crippen LogP contribution is -2.35. The number of alkyl halides is 3. The molecule has 6 nitrogen and oxygen atoms in total. The normalized spacial score (nSPS) is 12.8. The van der Waals surface area contributed by atoms with Crippen molar-refractivity contribution >= 4 is 21.7 Å². The Morgan fingerprint density at radius 1 is 1.03 bits per heavy atom. The maximum atomic E-state index is 12.6. The molecule has 0 saturated carbocycles. The average molecular weight is 443 g/mol. The van der Waals surface area contributed by atoms with Crippen molar-refractivity contribution in [3.8, 4) is 0 Å². The van der Waals surface area contributed by atoms with Gasteiger partial charge in [0, 0.05) is 12.1 Å². The van der Waals surface area contributed by atoms with Gasteiger partial charge in [-0.25, -0.2) is 8.42 Å². The lowest BCUT2D eigenvalue weighted by molar-refractivity contribution is -0.147. The molecule has 1 unspecified atom stereocenters. The van der Waals surface area contributed by atoms with Crippen LogP contribution in [0, 0.1) is 5.92 Å². The first-order valence-electron chi connectivity index (χ1n) is 8.96. The number of hydrogen-bond donors (Lipinski definition) is 1. The number of amides is 1. The first kappa shape index (κ1) is 23.4. The molecule has 0 aromatic heterocycles. The van der Waals surface area contributed by atoms with Crippen molar-refractivity contribution in [2.24, 2.45) is 5.92 Å². The Bertz CT molecular complexity index is 974. The Morgan fingerprint density at radius 2 is 1.63 bits per heavy atom. The van der Waals surface area contributed by atoms with Gasteiger partial charge in [0.25, 0.3) is 15.7 Å². The van der Waals surface area contributed by atoms with Gasteiger partial charge in [-0.2, -0.15) is 13.2 Å². The Balaban J connectivity index is 2.08. The van der Waals surface area contributed by atoms with Gasteiger partial charge < -0.3 is 10.1 Å². The Hall–Kier alpha value is -2.88. The van der Waals surface area contributed by atoms with Crippen LogP contribution >= 0.6 is 0 Å². The molecular weight excluding hydrogens is 423 g/mol. The molecule has 2 aromatic rings. The van der Waals surface area contributed by atoms with Gasteiger partial charge in [-0.3, -0.25) is 9.59 Å². The molecule has 0 aliphatic carbocycles. The van der Waals surface area contributed by atoms with Crippen molar-refractivity contribution in [2.75, 3.05) is 13.2 Å². The second-order valence-electron chi connectivity index (χ2n) is 6.32. The summed E-state index contributed by atoms with van der Waals surface area (Å²) in [5.74, 6) is -1.82. The van der Waals surface area contributed by atoms with E-state index in [2.05, 4.69) is 5.32 Å². The van der Waals surface area contributed by atoms with Crippen LogP contribution in [0.1, 0.15) is 22.8 Å². The topological polar surface area (TPSA) is 89.5 Å². The molecule has 0 saturated heterocycles. The number of carbonyl (C=O) groups is 2. The molecule has 0 spiro atoms. The van der Waals surface area contributed by atoms with Crippen molar-refractivity contribution < 1.29 is 35.9 Å². The fraction of sp³-hybridized carbons (Fsp3) is 0.300. The summed E-state index contributed by atoms with van der Waals surface area (Å²) < 4.78 is 65.6. The van der Waals surface area contributed by atoms with Crippen molar-refractivity contribution in [3.05, 3.63) is 65.7 Å². The van der Waals surface area contributed by atoms with Crippen LogP contribution in [0.25, 0.3) is 0 Å². The van der Waals surface area contributed by atoms with Crippen molar-refractivity contribution in [3.63, 3.8) is 0 Å². The molecule has 1 amide bonds. The predicted molar refractivity (Wildman–Crippen MR) is 102 cm³/mol. The quantitative estimate of drug-likeness (QED) is 0.634. The average Bonchev–Trinajstić information content (AvgIpc) is 2.71. The van der Waals surface area contributed by atoms with Gasteiger partial charge >= 0.3 is 11.5 Å². The SMILES string of the molecule is CCOC(=O)C(CNC(=O)c1ccc(S(=O)(=O)C(F)(F)F)cc1)Cc1ccccc1. The van der Waals surface area contributed by atoms with E-state index >= 15 is 0 Å². The molecule has 162 valence electrons. The van der Waals surface area contributed by atoms with Crippen LogP contribution in [-0.2, 0) is 25.8 Å². The number of halogens is 3. The van der Waals surface area contributed by atoms with E-state index in [1.165, 1.54) is 0 Å². The first-order chi connectivity index (χ1) is 14.1. The fourth-order valence-electron chi connectivity index (χ4n) is 2.63. The van der Waals surface area contributed by atoms with Crippen LogP contribution in [0.15, 0.2) is 59.5 Å². The second-order valence-corrected chi connectivity index (χ2v) is 8.26. The van der Waals surface area contributed by atoms with Gasteiger partial charge in [0.1, 0.15) is 0 Å². The summed E-state index contributed by atoms with van der Waals surface area (Å²) in [5.41, 5.74) is -4.61. The molecule has 30 heavy (non-hydrogen) atoms. The maximum absolute atomic E-state index is 12.6. The number of hydrogen-bond acceptors (Lipinski definition) is 5. The number of benzene rings is 2. The molecule has 0 aliphatic rings. The van der Waals surface area contributed by atoms with Crippen molar-refractivity contribution in [1.29, 1.82) is 0 Å². The van der Waals surface area contributed by atoms with Crippen LogP contribution in [0.2, 0.25) is 0 Å². The molecule has 0 fully saturated rings. The molecule has 10 heteroatoms. The van der Waals surface area contributed by atoms with E-state index in [-0.39, 0.29) is 18.7 Å². The van der Waals surface area contributed by atoms with Crippen molar-refractivity contribution in [1.82, 2.24) is 5.32 Å². The van der Waals surface area contributed by atoms with Crippen LogP contribution in [0.3, 0.4) is 0 Å². The van der Waals surface area contributed by atoms with Crippen LogP contribution < -0.4 is 5.32 Å². The molecule has 0 bridgehead atoms. The molecule has 1 atom stereocenters. The summed E-state index contributed by atoms with van der Waals surface area (Å²) in [6, 6.07) is 12.5. The lowest BCUT2D eigenvalue weighted by Gasteiger charge is -2.16. The Labute approximate surface area is 172 Å². The van der Waals surface area contributed by atoms with E-state index in [0.29, 0.717) is 18.6 Å². The third kappa shape index (κ3) is 5.82. The van der Waals surface area contributed by atoms with Gasteiger partial charge in [-0.1, -0.05) is 30.3 Å². The van der Waals surface area contributed by atoms with Gasteiger partial charge in [0.15, 0.2) is 0 Å². The molecular formula is C20H20F3NO5S. The molecule has 2 aromatic carbocycles. The van der Waals surface area contributed by atoms with Gasteiger partial charge in [-0.05, 0) is 43.2 Å². The van der Waals surface area contributed by atoms with E-state index in [1.807, 2.05) is 30.3 Å². The zero-order valence-electron chi connectivity index (χ0n) is 16.0. The zero-order chi connectivity index (χ0) is 22.4. The van der Waals surface area contributed by atoms with Crippen LogP contribution in [-0.4, -0.2) is 39.0 Å². The summed E-state index contributed by atoms with van der Waals surface area (Å²) in [5, 5.41) is 2.54. The van der Waals surface area contributed by atoms with Gasteiger partial charge in [0.05, 0.1) is 17.4 Å². The predicted octanol–water partition coefficient (Wildman–Crippen LogP) is 3.13. The summed E-state index contributed by atoms with van der Waals surface area (Å²) in [6.07, 6.45) is 0.322. The summed E-state index contributed by atoms with van der Waals surface area (Å²) in [4.78, 5) is 23.5. The highest BCUT2D eigenvalue weighted by Crippen LogP contribution is 2.30. The highest BCUT2D eigenvalue weighted by Gasteiger charge is 2.46. The summed E-state index contributed by atoms with van der Waals surface area (Å²) in [7, 11) is -5.49. The Morgan fingerprint density at radius 3 is 2.17 bits per heavy atom. The lowest BCUT2D eigenvalue weighted by atomic mass is 9.99. The van der Waals surface area contributed by atoms with Crippen LogP contribution in [0.5, 0.6) is 0 Å². The minimum atomic E-state index is -5.49. The molecule has 2 rings (SSSR count). The number of nitrogens with one attached hydrogen (secondary N) is 1. The molecule has 0 heterocycles. The minimum absolute atomic E-state index is 0.0431. The maximum Gasteiger partial charge on any atom is 0.501 e. The summed E-state index contributed by atoms with van der Waals surface area (Å²) >= 11 is 0.